The molecule has 0 fully saturated rings. The van der Waals surface area contributed by atoms with E-state index in [1.165, 1.54) is 11.5 Å². The van der Waals surface area contributed by atoms with Crippen LogP contribution >= 0.6 is 23.2 Å². The first-order valence-corrected chi connectivity index (χ1v) is 10.9. The smallest absolute Gasteiger partial charge is 0.278 e. The molecule has 2 aromatic carbocycles. The Labute approximate surface area is 199 Å². The van der Waals surface area contributed by atoms with Crippen molar-refractivity contribution in [3.05, 3.63) is 80.7 Å². The highest BCUT2D eigenvalue weighted by Crippen LogP contribution is 2.20. The Kier molecular flexibility index (Phi) is 6.86. The van der Waals surface area contributed by atoms with Crippen molar-refractivity contribution in [1.29, 1.82) is 0 Å². The van der Waals surface area contributed by atoms with Crippen LogP contribution in [0.1, 0.15) is 12.5 Å². The van der Waals surface area contributed by atoms with Gasteiger partial charge in [0.05, 0.1) is 6.20 Å². The van der Waals surface area contributed by atoms with Crippen LogP contribution < -0.4 is 16.2 Å². The first-order chi connectivity index (χ1) is 15.9. The molecule has 2 aromatic heterocycles. The van der Waals surface area contributed by atoms with Crippen molar-refractivity contribution < 1.29 is 4.79 Å². The summed E-state index contributed by atoms with van der Waals surface area (Å²) in [5.74, 6) is 0.161. The van der Waals surface area contributed by atoms with Crippen LogP contribution in [0.5, 0.6) is 0 Å². The summed E-state index contributed by atoms with van der Waals surface area (Å²) in [5, 5.41) is 7.05. The first-order valence-electron chi connectivity index (χ1n) is 10.2. The lowest BCUT2D eigenvalue weighted by Crippen LogP contribution is -2.31. The molecule has 0 aliphatic carbocycles. The molecular weight excluding hydrogens is 463 g/mol. The van der Waals surface area contributed by atoms with Crippen LogP contribution in [0.2, 0.25) is 10.0 Å². The van der Waals surface area contributed by atoms with E-state index in [0.29, 0.717) is 39.3 Å². The van der Waals surface area contributed by atoms with Crippen LogP contribution in [0, 0.1) is 0 Å². The molecule has 0 atom stereocenters. The summed E-state index contributed by atoms with van der Waals surface area (Å²) in [5.41, 5.74) is 2.34. The van der Waals surface area contributed by atoms with Gasteiger partial charge in [0.15, 0.2) is 5.65 Å². The van der Waals surface area contributed by atoms with Crippen molar-refractivity contribution >= 4 is 46.2 Å². The van der Waals surface area contributed by atoms with Gasteiger partial charge in [-0.3, -0.25) is 14.2 Å². The summed E-state index contributed by atoms with van der Waals surface area (Å²) in [7, 11) is 0. The summed E-state index contributed by atoms with van der Waals surface area (Å²) in [6.45, 7) is 2.37. The van der Waals surface area contributed by atoms with Gasteiger partial charge < -0.3 is 10.6 Å². The first kappa shape index (κ1) is 22.7. The Morgan fingerprint density at radius 2 is 1.85 bits per heavy atom. The lowest BCUT2D eigenvalue weighted by atomic mass is 10.1. The molecule has 0 spiro atoms. The minimum Gasteiger partial charge on any atom is -0.355 e. The highest BCUT2D eigenvalue weighted by Gasteiger charge is 2.15. The zero-order chi connectivity index (χ0) is 23.4. The Bertz CT molecular complexity index is 1370. The zero-order valence-electron chi connectivity index (χ0n) is 17.7. The molecule has 0 saturated heterocycles. The average Bonchev–Trinajstić information content (AvgIpc) is 2.79. The van der Waals surface area contributed by atoms with Crippen molar-refractivity contribution in [3.8, 4) is 11.3 Å². The van der Waals surface area contributed by atoms with Crippen LogP contribution in [0.15, 0.2) is 59.5 Å². The molecule has 10 heteroatoms. The second-order valence-electron chi connectivity index (χ2n) is 7.29. The summed E-state index contributed by atoms with van der Waals surface area (Å²) in [4.78, 5) is 38.1. The fraction of sp³-hybridized carbons (Fsp3) is 0.174. The normalized spacial score (nSPS) is 10.9. The second-order valence-corrected chi connectivity index (χ2v) is 8.17. The number of carbonyl (C=O) groups is 1. The van der Waals surface area contributed by atoms with Gasteiger partial charge in [0.25, 0.3) is 5.56 Å². The number of anilines is 1. The molecule has 8 nitrogen and oxygen atoms in total. The largest absolute Gasteiger partial charge is 0.355 e. The number of carbonyl (C=O) groups excluding carboxylic acids is 1. The molecule has 168 valence electrons. The lowest BCUT2D eigenvalue weighted by molar-refractivity contribution is -0.118. The highest BCUT2D eigenvalue weighted by molar-refractivity contribution is 6.30. The van der Waals surface area contributed by atoms with Crippen LogP contribution in [0.25, 0.3) is 22.4 Å². The number of halogens is 2. The van der Waals surface area contributed by atoms with Crippen molar-refractivity contribution in [2.24, 2.45) is 0 Å². The maximum Gasteiger partial charge on any atom is 0.278 e. The molecule has 0 aliphatic rings. The number of rotatable bonds is 7. The minimum absolute atomic E-state index is 0.183. The van der Waals surface area contributed by atoms with E-state index in [2.05, 4.69) is 25.6 Å². The molecule has 0 bridgehead atoms. The number of aromatic nitrogens is 4. The lowest BCUT2D eigenvalue weighted by Gasteiger charge is -2.13. The van der Waals surface area contributed by atoms with Gasteiger partial charge in [0.2, 0.25) is 11.9 Å². The third-order valence-electron chi connectivity index (χ3n) is 4.85. The Morgan fingerprint density at radius 3 is 2.58 bits per heavy atom. The standard InChI is InChI=1S/C23H20Cl2N6O2/c1-14(32)26-9-10-31-21-19(29-20(22(31)33)16-5-7-17(24)8-6-16)13-28-23(30-21)27-12-15-3-2-4-18(25)11-15/h2-8,11,13H,9-10,12H2,1H3,(H,26,32)(H,27,28,30). The van der Waals surface area contributed by atoms with E-state index in [0.717, 1.165) is 5.56 Å². The van der Waals surface area contributed by atoms with Gasteiger partial charge in [0, 0.05) is 42.2 Å². The van der Waals surface area contributed by atoms with E-state index in [1.54, 1.807) is 36.5 Å². The number of fused-ring (bicyclic) bond motifs is 1. The van der Waals surface area contributed by atoms with E-state index in [-0.39, 0.29) is 30.2 Å². The van der Waals surface area contributed by atoms with Gasteiger partial charge in [-0.15, -0.1) is 0 Å². The van der Waals surface area contributed by atoms with Crippen LogP contribution in [-0.2, 0) is 17.9 Å². The second kappa shape index (κ2) is 9.97. The highest BCUT2D eigenvalue weighted by atomic mass is 35.5. The topological polar surface area (TPSA) is 102 Å². The maximum absolute atomic E-state index is 13.3. The quantitative estimate of drug-likeness (QED) is 0.414. The van der Waals surface area contributed by atoms with E-state index in [4.69, 9.17) is 23.2 Å². The van der Waals surface area contributed by atoms with Crippen LogP contribution in [-0.4, -0.2) is 32.0 Å². The van der Waals surface area contributed by atoms with Gasteiger partial charge >= 0.3 is 0 Å². The van der Waals surface area contributed by atoms with Crippen molar-refractivity contribution in [2.45, 2.75) is 20.0 Å². The molecule has 2 N–H and O–H groups in total. The molecule has 2 heterocycles. The average molecular weight is 483 g/mol. The zero-order valence-corrected chi connectivity index (χ0v) is 19.2. The molecule has 0 radical (unpaired) electrons. The van der Waals surface area contributed by atoms with Crippen molar-refractivity contribution in [1.82, 2.24) is 24.8 Å². The van der Waals surface area contributed by atoms with E-state index in [1.807, 2.05) is 18.2 Å². The summed E-state index contributed by atoms with van der Waals surface area (Å²) >= 11 is 12.0. The molecule has 4 aromatic rings. The van der Waals surface area contributed by atoms with Crippen molar-refractivity contribution in [2.75, 3.05) is 11.9 Å². The molecule has 0 saturated carbocycles. The predicted octanol–water partition coefficient (Wildman–Crippen LogP) is 3.91. The summed E-state index contributed by atoms with van der Waals surface area (Å²) < 4.78 is 1.49. The van der Waals surface area contributed by atoms with E-state index < -0.39 is 0 Å². The molecule has 0 aliphatic heterocycles. The van der Waals surface area contributed by atoms with Crippen LogP contribution in [0.4, 0.5) is 5.95 Å². The summed E-state index contributed by atoms with van der Waals surface area (Å²) in [6, 6.07) is 14.3. The Morgan fingerprint density at radius 1 is 1.06 bits per heavy atom. The van der Waals surface area contributed by atoms with E-state index >= 15 is 0 Å². The Hall–Kier alpha value is -3.49. The number of hydrogen-bond acceptors (Lipinski definition) is 6. The molecule has 1 amide bonds. The monoisotopic (exact) mass is 482 g/mol. The number of nitrogens with one attached hydrogen (secondary N) is 2. The molecule has 4 rings (SSSR count). The fourth-order valence-corrected chi connectivity index (χ4v) is 3.64. The van der Waals surface area contributed by atoms with Crippen LogP contribution in [0.3, 0.4) is 0 Å². The third-order valence-corrected chi connectivity index (χ3v) is 5.34. The number of benzene rings is 2. The third kappa shape index (κ3) is 5.47. The Balaban J connectivity index is 1.73. The predicted molar refractivity (Wildman–Crippen MR) is 130 cm³/mol. The fourth-order valence-electron chi connectivity index (χ4n) is 3.30. The van der Waals surface area contributed by atoms with Crippen molar-refractivity contribution in [3.63, 3.8) is 0 Å². The molecular formula is C23H20Cl2N6O2. The van der Waals surface area contributed by atoms with Gasteiger partial charge in [-0.1, -0.05) is 47.5 Å². The van der Waals surface area contributed by atoms with E-state index in [9.17, 15) is 9.59 Å². The van der Waals surface area contributed by atoms with Gasteiger partial charge in [-0.05, 0) is 29.8 Å². The SMILES string of the molecule is CC(=O)NCCn1c(=O)c(-c2ccc(Cl)cc2)nc2cnc(NCc3cccc(Cl)c3)nc21. The minimum atomic E-state index is -0.324. The van der Waals surface area contributed by atoms with Gasteiger partial charge in [-0.25, -0.2) is 9.97 Å². The van der Waals surface area contributed by atoms with Gasteiger partial charge in [-0.2, -0.15) is 4.98 Å². The number of nitrogens with zero attached hydrogens (tertiary/aromatic N) is 4. The number of amides is 1. The number of hydrogen-bond donors (Lipinski definition) is 2. The molecule has 33 heavy (non-hydrogen) atoms. The summed E-state index contributed by atoms with van der Waals surface area (Å²) in [6.07, 6.45) is 1.57. The maximum atomic E-state index is 13.3. The van der Waals surface area contributed by atoms with Gasteiger partial charge in [0.1, 0.15) is 11.2 Å². The molecule has 0 unspecified atom stereocenters.